The molecular weight excluding hydrogens is 268 g/mol. The third-order valence-electron chi connectivity index (χ3n) is 4.04. The molecule has 1 fully saturated rings. The van der Waals surface area contributed by atoms with Gasteiger partial charge in [-0.2, -0.15) is 0 Å². The zero-order chi connectivity index (χ0) is 14.8. The molecular formula is C15H20N4O2. The Morgan fingerprint density at radius 2 is 2.19 bits per heavy atom. The smallest absolute Gasteiger partial charge is 0.276 e. The van der Waals surface area contributed by atoms with Gasteiger partial charge in [-0.3, -0.25) is 4.79 Å². The molecule has 0 aromatic carbocycles. The molecule has 0 aliphatic carbocycles. The zero-order valence-electron chi connectivity index (χ0n) is 12.4. The fraction of sp³-hybridized carbons (Fsp3) is 0.533. The Labute approximate surface area is 123 Å². The molecule has 3 rings (SSSR count). The number of carbonyl (C=O) groups is 1. The number of carbonyl (C=O) groups excluding carboxylic acids is 1. The minimum absolute atomic E-state index is 0.0131. The van der Waals surface area contributed by atoms with Crippen LogP contribution >= 0.6 is 0 Å². The molecule has 1 aliphatic heterocycles. The van der Waals surface area contributed by atoms with Crippen LogP contribution in [0.3, 0.4) is 0 Å². The van der Waals surface area contributed by atoms with Crippen LogP contribution in [0.2, 0.25) is 0 Å². The van der Waals surface area contributed by atoms with Crippen LogP contribution in [0.1, 0.15) is 40.8 Å². The highest BCUT2D eigenvalue weighted by Gasteiger charge is 2.27. The Morgan fingerprint density at radius 1 is 1.43 bits per heavy atom. The number of rotatable bonds is 3. The van der Waals surface area contributed by atoms with E-state index in [2.05, 4.69) is 15.0 Å². The summed E-state index contributed by atoms with van der Waals surface area (Å²) in [5.41, 5.74) is 0.456. The maximum Gasteiger partial charge on any atom is 0.276 e. The third-order valence-corrected chi connectivity index (χ3v) is 4.04. The van der Waals surface area contributed by atoms with Crippen molar-refractivity contribution in [3.8, 4) is 0 Å². The molecule has 2 aromatic rings. The number of likely N-dealkylation sites (tertiary alicyclic amines) is 1. The molecule has 6 nitrogen and oxygen atoms in total. The third kappa shape index (κ3) is 2.99. The number of imidazole rings is 1. The molecule has 1 aliphatic rings. The first-order valence-corrected chi connectivity index (χ1v) is 7.35. The summed E-state index contributed by atoms with van der Waals surface area (Å²) in [5, 5.41) is 0. The molecule has 0 unspecified atom stereocenters. The van der Waals surface area contributed by atoms with E-state index in [9.17, 15) is 4.79 Å². The average molecular weight is 288 g/mol. The normalized spacial score (nSPS) is 16.4. The number of H-pyrrole nitrogens is 1. The van der Waals surface area contributed by atoms with Gasteiger partial charge in [-0.15, -0.1) is 0 Å². The summed E-state index contributed by atoms with van der Waals surface area (Å²) in [7, 11) is 0. The lowest BCUT2D eigenvalue weighted by Crippen LogP contribution is -2.39. The van der Waals surface area contributed by atoms with Gasteiger partial charge in [-0.05, 0) is 25.7 Å². The van der Waals surface area contributed by atoms with Crippen molar-refractivity contribution in [1.29, 1.82) is 0 Å². The van der Waals surface area contributed by atoms with Gasteiger partial charge in [0.1, 0.15) is 11.6 Å². The molecule has 0 atom stereocenters. The van der Waals surface area contributed by atoms with Crippen LogP contribution in [0.5, 0.6) is 0 Å². The highest BCUT2D eigenvalue weighted by Crippen LogP contribution is 2.22. The highest BCUT2D eigenvalue weighted by molar-refractivity contribution is 5.93. The van der Waals surface area contributed by atoms with Crippen LogP contribution in [0.25, 0.3) is 0 Å². The number of nitrogens with one attached hydrogen (secondary N) is 1. The van der Waals surface area contributed by atoms with Crippen molar-refractivity contribution < 1.29 is 9.21 Å². The predicted molar refractivity (Wildman–Crippen MR) is 76.9 cm³/mol. The summed E-state index contributed by atoms with van der Waals surface area (Å²) in [4.78, 5) is 25.9. The molecule has 112 valence electrons. The van der Waals surface area contributed by atoms with Gasteiger partial charge < -0.3 is 14.3 Å². The van der Waals surface area contributed by atoms with Crippen molar-refractivity contribution in [2.75, 3.05) is 13.1 Å². The van der Waals surface area contributed by atoms with Crippen LogP contribution < -0.4 is 0 Å². The molecule has 0 radical (unpaired) electrons. The van der Waals surface area contributed by atoms with E-state index in [0.29, 0.717) is 23.3 Å². The van der Waals surface area contributed by atoms with Gasteiger partial charge in [-0.1, -0.05) is 0 Å². The predicted octanol–water partition coefficient (Wildman–Crippen LogP) is 2.11. The van der Waals surface area contributed by atoms with Crippen LogP contribution in [0, 0.1) is 19.8 Å². The summed E-state index contributed by atoms with van der Waals surface area (Å²) >= 11 is 0. The molecule has 0 saturated carbocycles. The van der Waals surface area contributed by atoms with E-state index in [0.717, 1.165) is 38.2 Å². The van der Waals surface area contributed by atoms with Gasteiger partial charge in [0, 0.05) is 38.8 Å². The Hall–Kier alpha value is -2.11. The fourth-order valence-electron chi connectivity index (χ4n) is 2.90. The molecule has 1 saturated heterocycles. The van der Waals surface area contributed by atoms with Gasteiger partial charge in [0.15, 0.2) is 11.6 Å². The Kier molecular flexibility index (Phi) is 3.77. The number of piperidine rings is 1. The van der Waals surface area contributed by atoms with Gasteiger partial charge in [0.05, 0.1) is 0 Å². The second kappa shape index (κ2) is 5.71. The van der Waals surface area contributed by atoms with Gasteiger partial charge in [-0.25, -0.2) is 9.97 Å². The number of amides is 1. The quantitative estimate of drug-likeness (QED) is 0.938. The largest absolute Gasteiger partial charge is 0.445 e. The van der Waals surface area contributed by atoms with Crippen molar-refractivity contribution in [2.24, 2.45) is 5.92 Å². The number of aromatic nitrogens is 3. The van der Waals surface area contributed by atoms with Crippen molar-refractivity contribution in [3.63, 3.8) is 0 Å². The minimum atomic E-state index is -0.0131. The number of oxazole rings is 1. The average Bonchev–Trinajstić information content (AvgIpc) is 3.08. The second-order valence-corrected chi connectivity index (χ2v) is 5.61. The van der Waals surface area contributed by atoms with Gasteiger partial charge in [0.25, 0.3) is 5.91 Å². The van der Waals surface area contributed by atoms with Crippen molar-refractivity contribution in [3.05, 3.63) is 35.6 Å². The van der Waals surface area contributed by atoms with Crippen molar-refractivity contribution in [2.45, 2.75) is 33.1 Å². The first-order chi connectivity index (χ1) is 10.1. The molecule has 3 heterocycles. The summed E-state index contributed by atoms with van der Waals surface area (Å²) in [6, 6.07) is 0. The molecule has 21 heavy (non-hydrogen) atoms. The van der Waals surface area contributed by atoms with Gasteiger partial charge in [0.2, 0.25) is 0 Å². The lowest BCUT2D eigenvalue weighted by atomic mass is 9.93. The number of aryl methyl sites for hydroxylation is 2. The van der Waals surface area contributed by atoms with Crippen LogP contribution in [0.15, 0.2) is 16.8 Å². The van der Waals surface area contributed by atoms with E-state index in [1.54, 1.807) is 20.0 Å². The number of aromatic amines is 1. The molecule has 0 bridgehead atoms. The van der Waals surface area contributed by atoms with E-state index >= 15 is 0 Å². The van der Waals surface area contributed by atoms with E-state index in [-0.39, 0.29) is 5.91 Å². The van der Waals surface area contributed by atoms with Crippen molar-refractivity contribution >= 4 is 5.91 Å². The lowest BCUT2D eigenvalue weighted by Gasteiger charge is -2.31. The maximum atomic E-state index is 12.4. The Morgan fingerprint density at radius 3 is 2.76 bits per heavy atom. The molecule has 1 N–H and O–H groups in total. The number of nitrogens with zero attached hydrogens (tertiary/aromatic N) is 3. The molecule has 2 aromatic heterocycles. The fourth-order valence-corrected chi connectivity index (χ4v) is 2.90. The van der Waals surface area contributed by atoms with Gasteiger partial charge >= 0.3 is 0 Å². The topological polar surface area (TPSA) is 75.0 Å². The monoisotopic (exact) mass is 288 g/mol. The molecule has 1 amide bonds. The standard InChI is InChI=1S/C15H20N4O2/c1-10-14(18-11(2)21-10)15(20)19-7-3-12(4-8-19)9-13-16-5-6-17-13/h5-6,12H,3-4,7-9H2,1-2H3,(H,16,17). The molecule has 6 heteroatoms. The maximum absolute atomic E-state index is 12.4. The Bertz CT molecular complexity index is 610. The van der Waals surface area contributed by atoms with E-state index < -0.39 is 0 Å². The van der Waals surface area contributed by atoms with E-state index in [1.165, 1.54) is 0 Å². The van der Waals surface area contributed by atoms with E-state index in [4.69, 9.17) is 4.42 Å². The summed E-state index contributed by atoms with van der Waals surface area (Å²) in [6.45, 7) is 5.10. The first-order valence-electron chi connectivity index (χ1n) is 7.35. The van der Waals surface area contributed by atoms with Crippen LogP contribution in [-0.4, -0.2) is 38.8 Å². The van der Waals surface area contributed by atoms with E-state index in [1.807, 2.05) is 11.1 Å². The Balaban J connectivity index is 1.58. The van der Waals surface area contributed by atoms with Crippen molar-refractivity contribution in [1.82, 2.24) is 19.9 Å². The second-order valence-electron chi connectivity index (χ2n) is 5.61. The van der Waals surface area contributed by atoms with Crippen LogP contribution in [-0.2, 0) is 6.42 Å². The molecule has 0 spiro atoms. The van der Waals surface area contributed by atoms with Crippen LogP contribution in [0.4, 0.5) is 0 Å². The number of hydrogen-bond acceptors (Lipinski definition) is 4. The summed E-state index contributed by atoms with van der Waals surface area (Å²) in [5.74, 6) is 2.75. The zero-order valence-corrected chi connectivity index (χ0v) is 12.4. The first kappa shape index (κ1) is 13.9. The SMILES string of the molecule is Cc1nc(C(=O)N2CCC(Cc3ncc[nH]3)CC2)c(C)o1. The lowest BCUT2D eigenvalue weighted by molar-refractivity contribution is 0.0683. The highest BCUT2D eigenvalue weighted by atomic mass is 16.4. The summed E-state index contributed by atoms with van der Waals surface area (Å²) < 4.78 is 5.35. The summed E-state index contributed by atoms with van der Waals surface area (Å²) in [6.07, 6.45) is 6.59. The number of hydrogen-bond donors (Lipinski definition) is 1. The minimum Gasteiger partial charge on any atom is -0.445 e.